The Labute approximate surface area is 414 Å². The molecule has 3 rings (SSSR count). The summed E-state index contributed by atoms with van der Waals surface area (Å²) in [5.74, 6) is -12.7. The van der Waals surface area contributed by atoms with Gasteiger partial charge >= 0.3 is 11.9 Å². The van der Waals surface area contributed by atoms with Crippen LogP contribution in [0.4, 0.5) is 0 Å². The van der Waals surface area contributed by atoms with E-state index >= 15 is 0 Å². The van der Waals surface area contributed by atoms with E-state index in [1.807, 2.05) is 0 Å². The number of aliphatic imine (C=N–C) groups is 1. The lowest BCUT2D eigenvalue weighted by molar-refractivity contribution is -0.143. The third kappa shape index (κ3) is 19.5. The van der Waals surface area contributed by atoms with Crippen molar-refractivity contribution in [3.63, 3.8) is 0 Å². The fourth-order valence-corrected chi connectivity index (χ4v) is 9.17. The summed E-state index contributed by atoms with van der Waals surface area (Å²) in [4.78, 5) is 150. The number of fused-ring (bicyclic) bond motifs is 1. The maximum atomic E-state index is 14.3. The van der Waals surface area contributed by atoms with E-state index in [0.717, 1.165) is 26.5 Å². The van der Waals surface area contributed by atoms with Crippen molar-refractivity contribution in [1.29, 1.82) is 0 Å². The lowest BCUT2D eigenvalue weighted by atomic mass is 10.0. The number of aliphatic hydroxyl groups is 2. The van der Waals surface area contributed by atoms with Crippen molar-refractivity contribution in [3.05, 3.63) is 35.9 Å². The number of aliphatic hydroxyl groups excluding tert-OH is 2. The van der Waals surface area contributed by atoms with Crippen molar-refractivity contribution in [2.45, 2.75) is 99.8 Å². The average molecular weight is 1040 g/mol. The summed E-state index contributed by atoms with van der Waals surface area (Å²) in [6.07, 6.45) is -0.701. The summed E-state index contributed by atoms with van der Waals surface area (Å²) in [6, 6.07) is -5.36. The maximum Gasteiger partial charge on any atom is 0.327 e. The Kier molecular flexibility index (Phi) is 24.3. The highest BCUT2D eigenvalue weighted by Crippen LogP contribution is 2.23. The summed E-state index contributed by atoms with van der Waals surface area (Å²) in [7, 11) is 1.78. The second-order valence-electron chi connectivity index (χ2n) is 16.2. The molecular weight excluding hydrogens is 979 g/mol. The molecule has 0 bridgehead atoms. The zero-order chi connectivity index (χ0) is 52.8. The number of rotatable bonds is 11. The molecule has 0 radical (unpaired) electrons. The molecule has 1 aromatic carbocycles. The van der Waals surface area contributed by atoms with Crippen molar-refractivity contribution in [1.82, 2.24) is 47.4 Å². The number of carbonyl (C=O) groups excluding carboxylic acids is 9. The number of hydrogen-bond donors (Lipinski definition) is 15. The Balaban J connectivity index is 1.97. The second-order valence-corrected chi connectivity index (χ2v) is 18.7. The quantitative estimate of drug-likeness (QED) is 0.0424. The molecule has 2 aliphatic heterocycles. The zero-order valence-corrected chi connectivity index (χ0v) is 40.1. The Morgan fingerprint density at radius 3 is 1.93 bits per heavy atom. The van der Waals surface area contributed by atoms with Crippen LogP contribution >= 0.6 is 21.6 Å². The smallest absolute Gasteiger partial charge is 0.327 e. The number of guanidine groups is 1. The third-order valence-corrected chi connectivity index (χ3v) is 13.1. The number of nitrogens with two attached hydrogens (primary N) is 3. The Morgan fingerprint density at radius 2 is 1.31 bits per heavy atom. The number of hydrogen-bond acceptors (Lipinski definition) is 17. The molecule has 9 amide bonds. The van der Waals surface area contributed by atoms with Crippen LogP contribution < -0.4 is 59.7 Å². The van der Waals surface area contributed by atoms with Crippen LogP contribution in [0.2, 0.25) is 0 Å². The fourth-order valence-electron chi connectivity index (χ4n) is 6.89. The summed E-state index contributed by atoms with van der Waals surface area (Å²) < 4.78 is 0. The molecule has 0 saturated carbocycles. The standard InChI is InChI=1S/C41H61N13O15S2/c1-20-32(60)51-26(16-55)36(64)52-27(17-56)37(65)53-28(40(68)69)19-71-70-18-22(42)33(61)49-23(9-5-11-45-41(43)44)34(62)46-15-30(57)48-24(14-31(58)59)35(63)50-25(13-21-7-3-2-4-8-21)39(67)54-12-6-10-29(54)38(66)47-20/h2-4,7-8,20,22-29,55-56H,5-6,9-19,42H2,1H3,(H,46,62)(H,47,66)(H,48,57)(H,49,61)(H,50,63)(H,51,60)(H,52,64)(H,53,65)(H,58,59)(H,68,69)(H4,43,44,45)/t20-,22-,23-,24-,25-,26?,27-,28?,29-/m0/s1. The predicted octanol–water partition coefficient (Wildman–Crippen LogP) is -6.93. The van der Waals surface area contributed by atoms with Gasteiger partial charge in [-0.2, -0.15) is 0 Å². The molecule has 71 heavy (non-hydrogen) atoms. The largest absolute Gasteiger partial charge is 0.481 e. The third-order valence-electron chi connectivity index (χ3n) is 10.7. The molecule has 28 nitrogen and oxygen atoms in total. The first-order valence-electron chi connectivity index (χ1n) is 22.1. The summed E-state index contributed by atoms with van der Waals surface area (Å²) in [5, 5.41) is 57.9. The first kappa shape index (κ1) is 58.6. The van der Waals surface area contributed by atoms with Crippen LogP contribution in [0, 0.1) is 0 Å². The molecule has 9 atom stereocenters. The molecule has 18 N–H and O–H groups in total. The van der Waals surface area contributed by atoms with Crippen molar-refractivity contribution in [2.75, 3.05) is 44.4 Å². The van der Waals surface area contributed by atoms with Gasteiger partial charge in [-0.3, -0.25) is 52.9 Å². The normalized spacial score (nSPS) is 26.7. The van der Waals surface area contributed by atoms with E-state index < -0.39 is 146 Å². The van der Waals surface area contributed by atoms with E-state index in [9.17, 15) is 73.2 Å². The molecule has 2 saturated heterocycles. The fraction of sp³-hybridized carbons (Fsp3) is 0.561. The van der Waals surface area contributed by atoms with Gasteiger partial charge in [-0.05, 0) is 38.2 Å². The minimum absolute atomic E-state index is 0.00664. The van der Waals surface area contributed by atoms with Crippen LogP contribution in [0.15, 0.2) is 35.3 Å². The molecule has 30 heteroatoms. The van der Waals surface area contributed by atoms with Crippen molar-refractivity contribution < 1.29 is 73.2 Å². The van der Waals surface area contributed by atoms with Gasteiger partial charge in [0.2, 0.25) is 53.2 Å². The number of benzene rings is 1. The molecular formula is C41H61N13O15S2. The van der Waals surface area contributed by atoms with Gasteiger partial charge in [0.15, 0.2) is 5.96 Å². The highest BCUT2D eigenvalue weighted by molar-refractivity contribution is 8.76. The number of aliphatic carboxylic acids is 2. The van der Waals surface area contributed by atoms with E-state index in [4.69, 9.17) is 17.2 Å². The predicted molar refractivity (Wildman–Crippen MR) is 254 cm³/mol. The highest BCUT2D eigenvalue weighted by Gasteiger charge is 2.40. The summed E-state index contributed by atoms with van der Waals surface area (Å²) in [5.41, 5.74) is 17.4. The maximum absolute atomic E-state index is 14.3. The number of nitrogens with zero attached hydrogens (tertiary/aromatic N) is 2. The number of carboxylic acid groups (broad SMARTS) is 2. The van der Waals surface area contributed by atoms with E-state index in [1.165, 1.54) is 6.92 Å². The van der Waals surface area contributed by atoms with Crippen LogP contribution in [0.3, 0.4) is 0 Å². The van der Waals surface area contributed by atoms with E-state index in [2.05, 4.69) is 47.5 Å². The average Bonchev–Trinajstić information content (AvgIpc) is 3.82. The van der Waals surface area contributed by atoms with Crippen molar-refractivity contribution >= 4 is 92.7 Å². The number of carboxylic acids is 2. The second kappa shape index (κ2) is 29.4. The van der Waals surface area contributed by atoms with Gasteiger partial charge in [0.1, 0.15) is 48.3 Å². The lowest BCUT2D eigenvalue weighted by Gasteiger charge is -2.30. The monoisotopic (exact) mass is 1040 g/mol. The Hall–Kier alpha value is -6.76. The van der Waals surface area contributed by atoms with Gasteiger partial charge in [0.05, 0.1) is 32.2 Å². The molecule has 0 aliphatic carbocycles. The number of amides is 9. The number of nitrogens with one attached hydrogen (secondary N) is 8. The molecule has 2 unspecified atom stereocenters. The minimum atomic E-state index is -1.81. The van der Waals surface area contributed by atoms with Crippen molar-refractivity contribution in [3.8, 4) is 0 Å². The van der Waals surface area contributed by atoms with Gasteiger partial charge < -0.3 is 85.1 Å². The van der Waals surface area contributed by atoms with Gasteiger partial charge in [0, 0.05) is 31.0 Å². The first-order valence-corrected chi connectivity index (χ1v) is 24.6. The van der Waals surface area contributed by atoms with Crippen LogP contribution in [0.5, 0.6) is 0 Å². The van der Waals surface area contributed by atoms with Crippen LogP contribution in [0.1, 0.15) is 44.6 Å². The van der Waals surface area contributed by atoms with Gasteiger partial charge in [-0.1, -0.05) is 51.9 Å². The van der Waals surface area contributed by atoms with Crippen molar-refractivity contribution in [2.24, 2.45) is 22.2 Å². The molecule has 0 spiro atoms. The lowest BCUT2D eigenvalue weighted by Crippen LogP contribution is -2.60. The number of carbonyl (C=O) groups is 11. The summed E-state index contributed by atoms with van der Waals surface area (Å²) in [6.45, 7) is -1.65. The molecule has 1 aromatic rings. The SMILES string of the molecule is C[C@@H]1NC(=O)[C@@H]2CCCN2C(=O)[C@H](Cc2ccccc2)NC(=O)[C@H](CC(=O)O)NC(=O)CNC(=O)[C@H](CCCN=C(N)N)NC(=O)[C@@H](N)CSSCC(C(=O)O)NC(=O)[C@H](CO)NC(=O)C(CO)NC1=O. The minimum Gasteiger partial charge on any atom is -0.481 e. The zero-order valence-electron chi connectivity index (χ0n) is 38.5. The van der Waals surface area contributed by atoms with Gasteiger partial charge in [-0.25, -0.2) is 4.79 Å². The highest BCUT2D eigenvalue weighted by atomic mass is 33.1. The molecule has 0 aromatic heterocycles. The molecule has 2 fully saturated rings. The summed E-state index contributed by atoms with van der Waals surface area (Å²) >= 11 is 0. The van der Waals surface area contributed by atoms with Gasteiger partial charge in [-0.15, -0.1) is 0 Å². The van der Waals surface area contributed by atoms with E-state index in [0.29, 0.717) is 12.0 Å². The first-order chi connectivity index (χ1) is 33.6. The van der Waals surface area contributed by atoms with Crippen LogP contribution in [-0.4, -0.2) is 195 Å². The molecule has 392 valence electrons. The van der Waals surface area contributed by atoms with E-state index in [-0.39, 0.29) is 56.2 Å². The molecule has 2 heterocycles. The molecule has 2 aliphatic rings. The van der Waals surface area contributed by atoms with Gasteiger partial charge in [0.25, 0.3) is 0 Å². The van der Waals surface area contributed by atoms with Crippen LogP contribution in [0.25, 0.3) is 0 Å². The van der Waals surface area contributed by atoms with Crippen LogP contribution in [-0.2, 0) is 59.2 Å². The Bertz CT molecular complexity index is 2120. The topological polar surface area (TPSA) is 459 Å². The Morgan fingerprint density at radius 1 is 0.718 bits per heavy atom. The van der Waals surface area contributed by atoms with E-state index in [1.54, 1.807) is 30.3 Å².